The van der Waals surface area contributed by atoms with E-state index < -0.39 is 0 Å². The molecular weight excluding hydrogens is 224 g/mol. The highest BCUT2D eigenvalue weighted by Crippen LogP contribution is 2.21. The molecule has 1 unspecified atom stereocenters. The first-order valence-electron chi connectivity index (χ1n) is 6.55. The predicted octanol–water partition coefficient (Wildman–Crippen LogP) is 3.28. The predicted molar refractivity (Wildman–Crippen MR) is 74.6 cm³/mol. The minimum absolute atomic E-state index is 0.0669. The molecule has 0 saturated heterocycles. The summed E-state index contributed by atoms with van der Waals surface area (Å²) in [6, 6.07) is 7.57. The van der Waals surface area contributed by atoms with Gasteiger partial charge in [0.2, 0.25) is 0 Å². The molecule has 96 valence electrons. The second-order valence-corrected chi connectivity index (χ2v) is 5.04. The summed E-state index contributed by atoms with van der Waals surface area (Å²) in [7, 11) is 1.87. The third-order valence-electron chi connectivity index (χ3n) is 3.41. The fourth-order valence-electron chi connectivity index (χ4n) is 2.20. The third kappa shape index (κ3) is 2.97. The van der Waals surface area contributed by atoms with Crippen molar-refractivity contribution in [2.75, 3.05) is 13.6 Å². The maximum Gasteiger partial charge on any atom is 0.255 e. The molecule has 0 bridgehead atoms. The number of carbonyl (C=O) groups is 1. The van der Waals surface area contributed by atoms with Gasteiger partial charge in [-0.25, -0.2) is 0 Å². The van der Waals surface area contributed by atoms with E-state index in [2.05, 4.69) is 11.9 Å². The number of aliphatic imine (C=N–C) groups is 1. The van der Waals surface area contributed by atoms with Crippen molar-refractivity contribution in [2.24, 2.45) is 10.9 Å². The lowest BCUT2D eigenvalue weighted by molar-refractivity contribution is 0.0792. The van der Waals surface area contributed by atoms with Crippen molar-refractivity contribution in [3.05, 3.63) is 29.8 Å². The molecule has 1 amide bonds. The number of carbonyl (C=O) groups excluding carboxylic acids is 1. The first kappa shape index (κ1) is 12.8. The number of nitrogens with zero attached hydrogens (tertiary/aromatic N) is 2. The van der Waals surface area contributed by atoms with E-state index in [1.54, 1.807) is 4.90 Å². The zero-order valence-electron chi connectivity index (χ0n) is 11.1. The monoisotopic (exact) mass is 244 g/mol. The van der Waals surface area contributed by atoms with Crippen molar-refractivity contribution >= 4 is 17.8 Å². The average molecular weight is 244 g/mol. The van der Waals surface area contributed by atoms with Gasteiger partial charge in [0.05, 0.1) is 11.3 Å². The van der Waals surface area contributed by atoms with Crippen LogP contribution >= 0.6 is 0 Å². The molecule has 0 saturated carbocycles. The molecule has 0 spiro atoms. The summed E-state index contributed by atoms with van der Waals surface area (Å²) in [5.74, 6) is 0.694. The van der Waals surface area contributed by atoms with Crippen molar-refractivity contribution in [3.8, 4) is 0 Å². The largest absolute Gasteiger partial charge is 0.342 e. The molecular formula is C15H20N2O. The van der Waals surface area contributed by atoms with Crippen LogP contribution < -0.4 is 0 Å². The number of hydrogen-bond acceptors (Lipinski definition) is 2. The molecule has 1 atom stereocenters. The van der Waals surface area contributed by atoms with Crippen LogP contribution in [-0.2, 0) is 0 Å². The number of benzene rings is 1. The standard InChI is InChI=1S/C15H20N2O/c1-12-6-5-11-17(2)15(18)13-7-3-4-8-14(13)16-10-9-12/h3-4,7-8,10,12H,5-6,9,11H2,1-2H3. The van der Waals surface area contributed by atoms with Crippen molar-refractivity contribution in [1.29, 1.82) is 0 Å². The molecule has 2 rings (SSSR count). The molecule has 18 heavy (non-hydrogen) atoms. The van der Waals surface area contributed by atoms with Gasteiger partial charge in [0, 0.05) is 19.8 Å². The van der Waals surface area contributed by atoms with Crippen LogP contribution in [0.4, 0.5) is 5.69 Å². The average Bonchev–Trinajstić information content (AvgIpc) is 2.39. The Hall–Kier alpha value is -1.64. The highest BCUT2D eigenvalue weighted by atomic mass is 16.2. The van der Waals surface area contributed by atoms with Crippen molar-refractivity contribution in [2.45, 2.75) is 26.2 Å². The summed E-state index contributed by atoms with van der Waals surface area (Å²) in [6.45, 7) is 3.05. The van der Waals surface area contributed by atoms with Gasteiger partial charge in [-0.2, -0.15) is 0 Å². The van der Waals surface area contributed by atoms with Crippen molar-refractivity contribution < 1.29 is 4.79 Å². The molecule has 1 aromatic rings. The van der Waals surface area contributed by atoms with Gasteiger partial charge in [-0.3, -0.25) is 9.79 Å². The van der Waals surface area contributed by atoms with E-state index in [0.717, 1.165) is 31.5 Å². The van der Waals surface area contributed by atoms with E-state index in [4.69, 9.17) is 0 Å². The van der Waals surface area contributed by atoms with Crippen molar-refractivity contribution in [3.63, 3.8) is 0 Å². The van der Waals surface area contributed by atoms with Crippen LogP contribution in [0.5, 0.6) is 0 Å². The molecule has 0 radical (unpaired) electrons. The highest BCUT2D eigenvalue weighted by molar-refractivity contribution is 5.99. The van der Waals surface area contributed by atoms with Gasteiger partial charge in [-0.15, -0.1) is 0 Å². The van der Waals surface area contributed by atoms with E-state index in [1.165, 1.54) is 0 Å². The Morgan fingerprint density at radius 3 is 2.94 bits per heavy atom. The lowest BCUT2D eigenvalue weighted by atomic mass is 10.0. The Morgan fingerprint density at radius 1 is 1.33 bits per heavy atom. The topological polar surface area (TPSA) is 32.7 Å². The Morgan fingerprint density at radius 2 is 2.11 bits per heavy atom. The van der Waals surface area contributed by atoms with Gasteiger partial charge < -0.3 is 4.90 Å². The van der Waals surface area contributed by atoms with Crippen LogP contribution in [0.2, 0.25) is 0 Å². The van der Waals surface area contributed by atoms with Gasteiger partial charge in [0.1, 0.15) is 0 Å². The first-order chi connectivity index (χ1) is 8.68. The van der Waals surface area contributed by atoms with Gasteiger partial charge in [0.25, 0.3) is 5.91 Å². The maximum atomic E-state index is 12.3. The van der Waals surface area contributed by atoms with E-state index in [-0.39, 0.29) is 5.91 Å². The van der Waals surface area contributed by atoms with Crippen LogP contribution in [0, 0.1) is 5.92 Å². The summed E-state index contributed by atoms with van der Waals surface area (Å²) in [5, 5.41) is 0. The van der Waals surface area contributed by atoms with E-state index in [1.807, 2.05) is 37.5 Å². The SMILES string of the molecule is CC1CC=Nc2ccccc2C(=O)N(C)CCC1. The second kappa shape index (κ2) is 5.80. The quantitative estimate of drug-likeness (QED) is 0.689. The lowest BCUT2D eigenvalue weighted by Crippen LogP contribution is -2.27. The first-order valence-corrected chi connectivity index (χ1v) is 6.55. The number of hydrogen-bond donors (Lipinski definition) is 0. The molecule has 1 heterocycles. The summed E-state index contributed by atoms with van der Waals surface area (Å²) in [6.07, 6.45) is 5.12. The fourth-order valence-corrected chi connectivity index (χ4v) is 2.20. The molecule has 0 fully saturated rings. The number of rotatable bonds is 0. The summed E-state index contributed by atoms with van der Waals surface area (Å²) in [4.78, 5) is 18.6. The molecule has 1 aromatic carbocycles. The third-order valence-corrected chi connectivity index (χ3v) is 3.41. The van der Waals surface area contributed by atoms with E-state index in [9.17, 15) is 4.79 Å². The highest BCUT2D eigenvalue weighted by Gasteiger charge is 2.15. The normalized spacial score (nSPS) is 21.3. The number of amides is 1. The molecule has 0 N–H and O–H groups in total. The second-order valence-electron chi connectivity index (χ2n) is 5.04. The molecule has 1 aliphatic heterocycles. The Kier molecular flexibility index (Phi) is 4.13. The number of para-hydroxylation sites is 1. The molecule has 3 heteroatoms. The van der Waals surface area contributed by atoms with Gasteiger partial charge in [0.15, 0.2) is 0 Å². The minimum Gasteiger partial charge on any atom is -0.342 e. The zero-order valence-corrected chi connectivity index (χ0v) is 11.1. The Labute approximate surface area is 109 Å². The van der Waals surface area contributed by atoms with Crippen LogP contribution in [0.1, 0.15) is 36.5 Å². The van der Waals surface area contributed by atoms with Gasteiger partial charge >= 0.3 is 0 Å². The fraction of sp³-hybridized carbons (Fsp3) is 0.467. The Balaban J connectivity index is 2.33. The van der Waals surface area contributed by atoms with Gasteiger partial charge in [-0.1, -0.05) is 19.1 Å². The number of fused-ring (bicyclic) bond motifs is 1. The summed E-state index contributed by atoms with van der Waals surface area (Å²) >= 11 is 0. The lowest BCUT2D eigenvalue weighted by Gasteiger charge is -2.18. The Bertz CT molecular complexity index is 454. The van der Waals surface area contributed by atoms with Crippen molar-refractivity contribution in [1.82, 2.24) is 4.90 Å². The molecule has 3 nitrogen and oxygen atoms in total. The smallest absolute Gasteiger partial charge is 0.255 e. The van der Waals surface area contributed by atoms with E-state index in [0.29, 0.717) is 11.5 Å². The van der Waals surface area contributed by atoms with Crippen LogP contribution in [0.3, 0.4) is 0 Å². The zero-order chi connectivity index (χ0) is 13.0. The molecule has 0 aliphatic carbocycles. The minimum atomic E-state index is 0.0669. The van der Waals surface area contributed by atoms with Crippen LogP contribution in [0.15, 0.2) is 29.3 Å². The summed E-state index contributed by atoms with van der Waals surface area (Å²) in [5.41, 5.74) is 1.48. The van der Waals surface area contributed by atoms with Crippen LogP contribution in [0.25, 0.3) is 0 Å². The molecule has 0 aromatic heterocycles. The molecule has 1 aliphatic rings. The maximum absolute atomic E-state index is 12.3. The summed E-state index contributed by atoms with van der Waals surface area (Å²) < 4.78 is 0. The van der Waals surface area contributed by atoms with Crippen LogP contribution in [-0.4, -0.2) is 30.6 Å². The van der Waals surface area contributed by atoms with E-state index >= 15 is 0 Å². The van der Waals surface area contributed by atoms with Gasteiger partial charge in [-0.05, 0) is 37.3 Å².